The SMILES string of the molecule is N#CC1=C(C2CCNCC2)N=C(N)/C(=C\N)C1c1cccc2c1OCO2. The highest BCUT2D eigenvalue weighted by Crippen LogP contribution is 2.47. The molecule has 1 fully saturated rings. The van der Waals surface area contributed by atoms with Crippen molar-refractivity contribution in [3.8, 4) is 17.6 Å². The zero-order valence-corrected chi connectivity index (χ0v) is 14.4. The molecule has 1 aromatic rings. The smallest absolute Gasteiger partial charge is 0.231 e. The van der Waals surface area contributed by atoms with Crippen molar-refractivity contribution >= 4 is 5.84 Å². The number of nitrogens with zero attached hydrogens (tertiary/aromatic N) is 2. The number of ether oxygens (including phenoxy) is 2. The second-order valence-corrected chi connectivity index (χ2v) is 6.57. The summed E-state index contributed by atoms with van der Waals surface area (Å²) in [6.45, 7) is 1.98. The number of piperidine rings is 1. The van der Waals surface area contributed by atoms with Gasteiger partial charge < -0.3 is 26.3 Å². The van der Waals surface area contributed by atoms with Gasteiger partial charge in [-0.15, -0.1) is 0 Å². The molecular weight excluding hydrogens is 330 g/mol. The lowest BCUT2D eigenvalue weighted by Gasteiger charge is -2.31. The van der Waals surface area contributed by atoms with Crippen LogP contribution in [0.4, 0.5) is 0 Å². The molecule has 3 aliphatic rings. The molecule has 0 aliphatic carbocycles. The van der Waals surface area contributed by atoms with Crippen molar-refractivity contribution in [3.05, 3.63) is 46.8 Å². The normalized spacial score (nSPS) is 24.5. The van der Waals surface area contributed by atoms with E-state index >= 15 is 0 Å². The van der Waals surface area contributed by atoms with E-state index in [9.17, 15) is 5.26 Å². The Morgan fingerprint density at radius 1 is 1.27 bits per heavy atom. The van der Waals surface area contributed by atoms with Gasteiger partial charge in [0.15, 0.2) is 11.5 Å². The first-order chi connectivity index (χ1) is 12.7. The second kappa shape index (κ2) is 6.73. The minimum absolute atomic E-state index is 0.164. The van der Waals surface area contributed by atoms with Crippen molar-refractivity contribution in [2.75, 3.05) is 19.9 Å². The summed E-state index contributed by atoms with van der Waals surface area (Å²) in [5, 5.41) is 13.3. The van der Waals surface area contributed by atoms with Gasteiger partial charge in [-0.05, 0) is 32.0 Å². The fourth-order valence-corrected chi connectivity index (χ4v) is 3.92. The summed E-state index contributed by atoms with van der Waals surface area (Å²) in [6.07, 6.45) is 3.30. The van der Waals surface area contributed by atoms with Crippen LogP contribution in [0.5, 0.6) is 11.5 Å². The standard InChI is InChI=1S/C19H21N5O2/c20-8-13-16(12-2-1-3-15-18(12)26-10-25-15)14(9-21)19(22)24-17(13)11-4-6-23-7-5-11/h1-3,9,11,16,23H,4-7,10,21H2,(H2,22,24)/b14-9-. The molecule has 0 saturated carbocycles. The molecule has 0 aromatic heterocycles. The van der Waals surface area contributed by atoms with Crippen LogP contribution < -0.4 is 26.3 Å². The van der Waals surface area contributed by atoms with Gasteiger partial charge >= 0.3 is 0 Å². The predicted octanol–water partition coefficient (Wildman–Crippen LogP) is 1.49. The lowest BCUT2D eigenvalue weighted by atomic mass is 9.78. The van der Waals surface area contributed by atoms with Crippen LogP contribution in [0.3, 0.4) is 0 Å². The highest BCUT2D eigenvalue weighted by molar-refractivity contribution is 6.01. The Morgan fingerprint density at radius 2 is 2.08 bits per heavy atom. The molecule has 5 N–H and O–H groups in total. The number of fused-ring (bicyclic) bond motifs is 1. The number of nitrogens with two attached hydrogens (primary N) is 2. The maximum absolute atomic E-state index is 10.00. The van der Waals surface area contributed by atoms with Crippen LogP contribution in [0, 0.1) is 17.2 Å². The summed E-state index contributed by atoms with van der Waals surface area (Å²) in [4.78, 5) is 4.58. The Hall–Kier alpha value is -2.98. The highest BCUT2D eigenvalue weighted by atomic mass is 16.7. The van der Waals surface area contributed by atoms with Crippen LogP contribution in [0.25, 0.3) is 0 Å². The number of rotatable bonds is 2. The Labute approximate surface area is 152 Å². The molecule has 26 heavy (non-hydrogen) atoms. The lowest BCUT2D eigenvalue weighted by Crippen LogP contribution is -2.32. The van der Waals surface area contributed by atoms with E-state index in [1.165, 1.54) is 6.20 Å². The number of nitriles is 1. The number of allylic oxidation sites excluding steroid dienone is 2. The van der Waals surface area contributed by atoms with Crippen molar-refractivity contribution in [1.82, 2.24) is 5.32 Å². The minimum Gasteiger partial charge on any atom is -0.454 e. The van der Waals surface area contributed by atoms with Gasteiger partial charge in [-0.1, -0.05) is 12.1 Å². The first-order valence-electron chi connectivity index (χ1n) is 8.74. The summed E-state index contributed by atoms with van der Waals surface area (Å²) >= 11 is 0. The molecular formula is C19H21N5O2. The number of benzene rings is 1. The van der Waals surface area contributed by atoms with Crippen LogP contribution in [-0.2, 0) is 0 Å². The molecule has 1 aromatic carbocycles. The van der Waals surface area contributed by atoms with E-state index in [2.05, 4.69) is 16.4 Å². The molecule has 1 unspecified atom stereocenters. The first-order valence-corrected chi connectivity index (χ1v) is 8.74. The summed E-state index contributed by atoms with van der Waals surface area (Å²) in [6, 6.07) is 8.04. The van der Waals surface area contributed by atoms with Crippen molar-refractivity contribution < 1.29 is 9.47 Å². The monoisotopic (exact) mass is 351 g/mol. The Kier molecular flexibility index (Phi) is 4.27. The van der Waals surface area contributed by atoms with Gasteiger partial charge in [0.1, 0.15) is 5.84 Å². The molecule has 3 heterocycles. The molecule has 4 rings (SSSR count). The summed E-state index contributed by atoms with van der Waals surface area (Å²) in [7, 11) is 0. The van der Waals surface area contributed by atoms with Crippen LogP contribution in [0.1, 0.15) is 24.3 Å². The van der Waals surface area contributed by atoms with Gasteiger partial charge in [0.2, 0.25) is 6.79 Å². The molecule has 3 aliphatic heterocycles. The van der Waals surface area contributed by atoms with E-state index in [1.807, 2.05) is 18.2 Å². The fraction of sp³-hybridized carbons (Fsp3) is 0.368. The summed E-state index contributed by atoms with van der Waals surface area (Å²) in [5.74, 6) is 1.48. The molecule has 7 nitrogen and oxygen atoms in total. The molecule has 0 radical (unpaired) electrons. The molecule has 134 valence electrons. The second-order valence-electron chi connectivity index (χ2n) is 6.57. The molecule has 1 saturated heterocycles. The molecule has 7 heteroatoms. The number of nitrogens with one attached hydrogen (secondary N) is 1. The van der Waals surface area contributed by atoms with Gasteiger partial charge in [0.25, 0.3) is 0 Å². The van der Waals surface area contributed by atoms with Crippen LogP contribution in [0.15, 0.2) is 46.2 Å². The maximum atomic E-state index is 10.00. The summed E-state index contributed by atoms with van der Waals surface area (Å²) < 4.78 is 11.2. The highest BCUT2D eigenvalue weighted by Gasteiger charge is 2.36. The quantitative estimate of drug-likeness (QED) is 0.743. The number of para-hydroxylation sites is 1. The van der Waals surface area contributed by atoms with Gasteiger partial charge in [0.05, 0.1) is 23.3 Å². The third-order valence-electron chi connectivity index (χ3n) is 5.18. The number of hydrogen-bond donors (Lipinski definition) is 3. The average Bonchev–Trinajstić information content (AvgIpc) is 3.16. The van der Waals surface area contributed by atoms with Crippen LogP contribution in [0.2, 0.25) is 0 Å². The predicted molar refractivity (Wildman–Crippen MR) is 97.4 cm³/mol. The van der Waals surface area contributed by atoms with Gasteiger partial charge in [0, 0.05) is 23.3 Å². The molecule has 0 bridgehead atoms. The zero-order valence-electron chi connectivity index (χ0n) is 14.4. The Balaban J connectivity index is 1.88. The lowest BCUT2D eigenvalue weighted by molar-refractivity contribution is 0.173. The van der Waals surface area contributed by atoms with Crippen LogP contribution >= 0.6 is 0 Å². The van der Waals surface area contributed by atoms with E-state index in [1.54, 1.807) is 0 Å². The van der Waals surface area contributed by atoms with Crippen molar-refractivity contribution in [2.24, 2.45) is 22.4 Å². The van der Waals surface area contributed by atoms with Crippen molar-refractivity contribution in [1.29, 1.82) is 5.26 Å². The van der Waals surface area contributed by atoms with E-state index in [-0.39, 0.29) is 12.7 Å². The average molecular weight is 351 g/mol. The van der Waals surface area contributed by atoms with Gasteiger partial charge in [-0.3, -0.25) is 0 Å². The van der Waals surface area contributed by atoms with Crippen molar-refractivity contribution in [3.63, 3.8) is 0 Å². The van der Waals surface area contributed by atoms with E-state index in [0.29, 0.717) is 28.5 Å². The maximum Gasteiger partial charge on any atom is 0.231 e. The Bertz CT molecular complexity index is 859. The molecule has 0 amide bonds. The number of amidine groups is 1. The molecule has 1 atom stereocenters. The third-order valence-corrected chi connectivity index (χ3v) is 5.18. The number of aliphatic imine (C=N–C) groups is 1. The third kappa shape index (κ3) is 2.59. The van der Waals surface area contributed by atoms with Gasteiger partial charge in [-0.25, -0.2) is 4.99 Å². The number of hydrogen-bond acceptors (Lipinski definition) is 7. The molecule has 0 spiro atoms. The van der Waals surface area contributed by atoms with Crippen molar-refractivity contribution in [2.45, 2.75) is 18.8 Å². The topological polar surface area (TPSA) is 119 Å². The summed E-state index contributed by atoms with van der Waals surface area (Å²) in [5.41, 5.74) is 14.9. The zero-order chi connectivity index (χ0) is 18.1. The minimum atomic E-state index is -0.399. The fourth-order valence-electron chi connectivity index (χ4n) is 3.92. The van der Waals surface area contributed by atoms with E-state index in [4.69, 9.17) is 20.9 Å². The van der Waals surface area contributed by atoms with E-state index < -0.39 is 5.92 Å². The largest absolute Gasteiger partial charge is 0.454 e. The van der Waals surface area contributed by atoms with Gasteiger partial charge in [-0.2, -0.15) is 5.26 Å². The van der Waals surface area contributed by atoms with E-state index in [0.717, 1.165) is 37.2 Å². The first kappa shape index (κ1) is 16.5. The van der Waals surface area contributed by atoms with Crippen LogP contribution in [-0.4, -0.2) is 25.7 Å². The Morgan fingerprint density at radius 3 is 2.81 bits per heavy atom.